The molecule has 6 heteroatoms. The predicted octanol–water partition coefficient (Wildman–Crippen LogP) is 1.88. The van der Waals surface area contributed by atoms with Crippen molar-refractivity contribution in [1.29, 1.82) is 0 Å². The van der Waals surface area contributed by atoms with Crippen LogP contribution in [0.1, 0.15) is 18.2 Å². The van der Waals surface area contributed by atoms with Crippen molar-refractivity contribution in [1.82, 2.24) is 25.1 Å². The van der Waals surface area contributed by atoms with Crippen molar-refractivity contribution in [2.45, 2.75) is 12.3 Å². The van der Waals surface area contributed by atoms with Gasteiger partial charge in [-0.25, -0.2) is 0 Å². The van der Waals surface area contributed by atoms with Gasteiger partial charge in [0.15, 0.2) is 11.5 Å². The van der Waals surface area contributed by atoms with Gasteiger partial charge in [-0.15, -0.1) is 10.2 Å². The number of nitrogens with zero attached hydrogens (tertiary/aromatic N) is 4. The molecular formula is C16H17N5O. The van der Waals surface area contributed by atoms with E-state index in [9.17, 15) is 0 Å². The molecule has 1 saturated heterocycles. The fourth-order valence-corrected chi connectivity index (χ4v) is 2.85. The topological polar surface area (TPSA) is 64.3 Å². The molecule has 22 heavy (non-hydrogen) atoms. The highest BCUT2D eigenvalue weighted by molar-refractivity contribution is 5.61. The van der Waals surface area contributed by atoms with Crippen LogP contribution in [-0.4, -0.2) is 40.0 Å². The second-order valence-electron chi connectivity index (χ2n) is 5.46. The lowest BCUT2D eigenvalue weighted by Crippen LogP contribution is -2.11. The van der Waals surface area contributed by atoms with Gasteiger partial charge in [0.1, 0.15) is 5.75 Å². The Morgan fingerprint density at radius 1 is 1.14 bits per heavy atom. The molecule has 0 spiro atoms. The van der Waals surface area contributed by atoms with Crippen LogP contribution in [0.3, 0.4) is 0 Å². The summed E-state index contributed by atoms with van der Waals surface area (Å²) < 4.78 is 7.07. The van der Waals surface area contributed by atoms with Crippen molar-refractivity contribution in [2.75, 3.05) is 20.2 Å². The zero-order valence-corrected chi connectivity index (χ0v) is 12.4. The van der Waals surface area contributed by atoms with Gasteiger partial charge in [0.05, 0.1) is 12.8 Å². The predicted molar refractivity (Wildman–Crippen MR) is 83.0 cm³/mol. The summed E-state index contributed by atoms with van der Waals surface area (Å²) >= 11 is 0. The van der Waals surface area contributed by atoms with Gasteiger partial charge in [-0.05, 0) is 49.4 Å². The third kappa shape index (κ3) is 2.21. The number of nitrogens with one attached hydrogen (secondary N) is 1. The Hall–Kier alpha value is -2.47. The molecule has 4 rings (SSSR count). The van der Waals surface area contributed by atoms with Crippen LogP contribution in [0.5, 0.6) is 5.75 Å². The van der Waals surface area contributed by atoms with E-state index in [4.69, 9.17) is 9.84 Å². The van der Waals surface area contributed by atoms with E-state index in [1.165, 1.54) is 0 Å². The maximum atomic E-state index is 5.20. The lowest BCUT2D eigenvalue weighted by molar-refractivity contribution is 0.415. The zero-order valence-electron chi connectivity index (χ0n) is 12.4. The minimum atomic E-state index is 0.383. The fourth-order valence-electron chi connectivity index (χ4n) is 2.85. The van der Waals surface area contributed by atoms with Crippen molar-refractivity contribution in [3.63, 3.8) is 0 Å². The molecule has 3 aromatic rings. The summed E-state index contributed by atoms with van der Waals surface area (Å²) in [7, 11) is 1.67. The monoisotopic (exact) mass is 295 g/mol. The van der Waals surface area contributed by atoms with Gasteiger partial charge in [-0.1, -0.05) is 0 Å². The number of hydrogen-bond acceptors (Lipinski definition) is 5. The first-order valence-electron chi connectivity index (χ1n) is 7.42. The second-order valence-corrected chi connectivity index (χ2v) is 5.46. The van der Waals surface area contributed by atoms with E-state index in [2.05, 4.69) is 15.5 Å². The molecule has 1 atom stereocenters. The molecule has 0 unspecified atom stereocenters. The first-order valence-corrected chi connectivity index (χ1v) is 7.42. The molecule has 0 bridgehead atoms. The number of rotatable bonds is 3. The third-order valence-electron chi connectivity index (χ3n) is 4.10. The number of hydrogen-bond donors (Lipinski definition) is 1. The summed E-state index contributed by atoms with van der Waals surface area (Å²) in [6.45, 7) is 1.97. The molecule has 0 saturated carbocycles. The van der Waals surface area contributed by atoms with Crippen molar-refractivity contribution in [3.8, 4) is 17.0 Å². The van der Waals surface area contributed by atoms with E-state index in [0.717, 1.165) is 48.0 Å². The highest BCUT2D eigenvalue weighted by Gasteiger charge is 2.22. The second kappa shape index (κ2) is 5.38. The van der Waals surface area contributed by atoms with Crippen LogP contribution in [0.15, 0.2) is 36.4 Å². The van der Waals surface area contributed by atoms with E-state index in [-0.39, 0.29) is 0 Å². The molecule has 0 radical (unpaired) electrons. The van der Waals surface area contributed by atoms with Gasteiger partial charge in [0, 0.05) is 18.0 Å². The maximum Gasteiger partial charge on any atom is 0.177 e. The van der Waals surface area contributed by atoms with E-state index >= 15 is 0 Å². The van der Waals surface area contributed by atoms with Crippen LogP contribution in [0, 0.1) is 0 Å². The van der Waals surface area contributed by atoms with Crippen LogP contribution < -0.4 is 10.1 Å². The first kappa shape index (κ1) is 13.2. The summed E-state index contributed by atoms with van der Waals surface area (Å²) in [4.78, 5) is 0. The summed E-state index contributed by atoms with van der Waals surface area (Å²) in [5.74, 6) is 2.16. The van der Waals surface area contributed by atoms with Crippen LogP contribution in [-0.2, 0) is 0 Å². The number of aromatic nitrogens is 4. The average molecular weight is 295 g/mol. The summed E-state index contributed by atoms with van der Waals surface area (Å²) in [5, 5.41) is 16.6. The zero-order chi connectivity index (χ0) is 14.9. The van der Waals surface area contributed by atoms with Crippen LogP contribution in [0.4, 0.5) is 0 Å². The molecule has 1 aromatic carbocycles. The Kier molecular flexibility index (Phi) is 3.23. The molecule has 1 aliphatic heterocycles. The number of ether oxygens (including phenoxy) is 1. The Bertz CT molecular complexity index is 790. The van der Waals surface area contributed by atoms with Crippen molar-refractivity contribution >= 4 is 5.65 Å². The quantitative estimate of drug-likeness (QED) is 0.799. The fraction of sp³-hybridized carbons (Fsp3) is 0.312. The summed E-state index contributed by atoms with van der Waals surface area (Å²) in [6, 6.07) is 11.8. The smallest absolute Gasteiger partial charge is 0.177 e. The minimum Gasteiger partial charge on any atom is -0.497 e. The van der Waals surface area contributed by atoms with E-state index in [1.54, 1.807) is 7.11 Å². The minimum absolute atomic E-state index is 0.383. The van der Waals surface area contributed by atoms with E-state index < -0.39 is 0 Å². The van der Waals surface area contributed by atoms with E-state index in [1.807, 2.05) is 40.9 Å². The SMILES string of the molecule is COc1ccc(-c2ccc3nnc([C@@H]4CCNC4)n3n2)cc1. The van der Waals surface area contributed by atoms with Gasteiger partial charge >= 0.3 is 0 Å². The largest absolute Gasteiger partial charge is 0.497 e. The van der Waals surface area contributed by atoms with Gasteiger partial charge in [0.25, 0.3) is 0 Å². The maximum absolute atomic E-state index is 5.20. The Balaban J connectivity index is 1.76. The Morgan fingerprint density at radius 2 is 2.00 bits per heavy atom. The molecule has 1 N–H and O–H groups in total. The normalized spacial score (nSPS) is 18.0. The summed E-state index contributed by atoms with van der Waals surface area (Å²) in [6.07, 6.45) is 1.08. The molecule has 0 amide bonds. The van der Waals surface area contributed by atoms with Gasteiger partial charge in [-0.3, -0.25) is 0 Å². The number of fused-ring (bicyclic) bond motifs is 1. The molecule has 0 aliphatic carbocycles. The average Bonchev–Trinajstić information content (AvgIpc) is 3.23. The highest BCUT2D eigenvalue weighted by atomic mass is 16.5. The number of benzene rings is 1. The van der Waals surface area contributed by atoms with Gasteiger partial charge in [0.2, 0.25) is 0 Å². The van der Waals surface area contributed by atoms with Crippen LogP contribution in [0.25, 0.3) is 16.9 Å². The lowest BCUT2D eigenvalue weighted by Gasteiger charge is -2.07. The van der Waals surface area contributed by atoms with Crippen molar-refractivity contribution < 1.29 is 4.74 Å². The molecule has 3 heterocycles. The molecule has 1 aliphatic rings. The Labute approximate surface area is 128 Å². The highest BCUT2D eigenvalue weighted by Crippen LogP contribution is 2.24. The molecule has 2 aromatic heterocycles. The van der Waals surface area contributed by atoms with Crippen molar-refractivity contribution in [3.05, 3.63) is 42.2 Å². The third-order valence-corrected chi connectivity index (χ3v) is 4.10. The lowest BCUT2D eigenvalue weighted by atomic mass is 10.1. The van der Waals surface area contributed by atoms with Crippen LogP contribution >= 0.6 is 0 Å². The molecular weight excluding hydrogens is 278 g/mol. The first-order chi connectivity index (χ1) is 10.8. The van der Waals surface area contributed by atoms with Gasteiger partial charge < -0.3 is 10.1 Å². The van der Waals surface area contributed by atoms with Crippen molar-refractivity contribution in [2.24, 2.45) is 0 Å². The number of methoxy groups -OCH3 is 1. The van der Waals surface area contributed by atoms with Crippen LogP contribution in [0.2, 0.25) is 0 Å². The molecule has 6 nitrogen and oxygen atoms in total. The van der Waals surface area contributed by atoms with E-state index in [0.29, 0.717) is 5.92 Å². The molecule has 1 fully saturated rings. The molecule has 112 valence electrons. The Morgan fingerprint density at radius 3 is 2.73 bits per heavy atom. The van der Waals surface area contributed by atoms with Gasteiger partial charge in [-0.2, -0.15) is 9.61 Å². The standard InChI is InChI=1S/C16H17N5O/c1-22-13-4-2-11(3-5-13)14-6-7-15-18-19-16(21(15)20-14)12-8-9-17-10-12/h2-7,12,17H,8-10H2,1H3/t12-/m1/s1. The summed E-state index contributed by atoms with van der Waals surface area (Å²) in [5.41, 5.74) is 2.74.